The molecule has 6 heterocycles. The molecule has 0 radical (unpaired) electrons. The quantitative estimate of drug-likeness (QED) is 0.113. The van der Waals surface area contributed by atoms with E-state index in [1.54, 1.807) is 29.5 Å². The Morgan fingerprint density at radius 2 is 1.62 bits per heavy atom. The van der Waals surface area contributed by atoms with Gasteiger partial charge in [-0.05, 0) is 113 Å². The molecule has 3 amide bonds. The third-order valence-corrected chi connectivity index (χ3v) is 11.9. The summed E-state index contributed by atoms with van der Waals surface area (Å²) in [6.07, 6.45) is 10.1. The lowest BCUT2D eigenvalue weighted by Crippen LogP contribution is -2.49. The van der Waals surface area contributed by atoms with E-state index in [4.69, 9.17) is 4.98 Å². The van der Waals surface area contributed by atoms with E-state index in [0.29, 0.717) is 36.8 Å². The van der Waals surface area contributed by atoms with E-state index >= 15 is 0 Å². The zero-order valence-electron chi connectivity index (χ0n) is 35.5. The van der Waals surface area contributed by atoms with Crippen LogP contribution in [-0.2, 0) is 21.7 Å². The van der Waals surface area contributed by atoms with Crippen LogP contribution in [0.2, 0.25) is 0 Å². The van der Waals surface area contributed by atoms with Crippen molar-refractivity contribution in [2.45, 2.75) is 71.5 Å². The summed E-state index contributed by atoms with van der Waals surface area (Å²) in [6.45, 7) is 15.7. The maximum Gasteiger partial charge on any atom is 0.254 e. The third kappa shape index (κ3) is 10.3. The zero-order valence-corrected chi connectivity index (χ0v) is 35.5. The summed E-state index contributed by atoms with van der Waals surface area (Å²) in [7, 11) is 0. The lowest BCUT2D eigenvalue weighted by molar-refractivity contribution is -0.133. The van der Waals surface area contributed by atoms with Gasteiger partial charge in [0.1, 0.15) is 11.9 Å². The Labute approximate surface area is 357 Å². The molecule has 3 aromatic heterocycles. The SMILES string of the molecule is Cc1cc(-c2ccnc(Nc3ccc(N4CCC(CN5CCN(c6ccc(NC7CCC(=O)NC7=O)cn6)CC5)CC4)cc3)n2)ccc1CNC(=O)c1cnn(C(C)(C)C)c1. The number of piperidine rings is 2. The molecule has 15 heteroatoms. The van der Waals surface area contributed by atoms with Crippen molar-refractivity contribution in [3.63, 3.8) is 0 Å². The van der Waals surface area contributed by atoms with E-state index in [1.807, 2.05) is 58.0 Å². The number of carbonyl (C=O) groups excluding carboxylic acids is 3. The molecule has 2 aromatic carbocycles. The second-order valence-electron chi connectivity index (χ2n) is 17.4. The lowest BCUT2D eigenvalue weighted by atomic mass is 9.95. The number of imide groups is 1. The second kappa shape index (κ2) is 18.1. The number of hydrogen-bond acceptors (Lipinski definition) is 12. The van der Waals surface area contributed by atoms with Gasteiger partial charge in [-0.1, -0.05) is 12.1 Å². The molecule has 0 bridgehead atoms. The monoisotopic (exact) mass is 824 g/mol. The first kappa shape index (κ1) is 41.4. The highest BCUT2D eigenvalue weighted by Crippen LogP contribution is 2.28. The fourth-order valence-corrected chi connectivity index (χ4v) is 8.19. The number of aryl methyl sites for hydroxylation is 1. The van der Waals surface area contributed by atoms with E-state index in [-0.39, 0.29) is 23.3 Å². The smallest absolute Gasteiger partial charge is 0.254 e. The summed E-state index contributed by atoms with van der Waals surface area (Å²) in [6, 6.07) is 20.2. The van der Waals surface area contributed by atoms with Crippen molar-refractivity contribution in [3.8, 4) is 11.3 Å². The number of anilines is 5. The number of nitrogens with one attached hydrogen (secondary N) is 4. The number of carbonyl (C=O) groups is 3. The summed E-state index contributed by atoms with van der Waals surface area (Å²) in [5, 5.41) is 16.3. The Balaban J connectivity index is 0.764. The minimum atomic E-state index is -0.413. The van der Waals surface area contributed by atoms with Crippen LogP contribution in [0, 0.1) is 12.8 Å². The van der Waals surface area contributed by atoms with Crippen LogP contribution in [0.15, 0.2) is 85.5 Å². The highest BCUT2D eigenvalue weighted by Gasteiger charge is 2.27. The predicted octanol–water partition coefficient (Wildman–Crippen LogP) is 5.73. The molecule has 0 aliphatic carbocycles. The van der Waals surface area contributed by atoms with Crippen LogP contribution in [0.1, 0.15) is 67.9 Å². The maximum atomic E-state index is 12.8. The standard InChI is InChI=1S/C46H56N12O3/c1-31-25-33(5-6-34(31)26-49-43(60)35-27-50-58(30-35)46(2,3)4)39-15-18-47-45(53-39)52-36-7-10-38(11-8-36)56-19-16-32(17-20-56)29-55-21-23-57(24-22-55)41-13-9-37(28-48-41)51-40-12-14-42(59)54-44(40)61/h5-11,13,15,18,25,27-28,30,32,40,51H,12,14,16-17,19-24,26,29H2,1-4H3,(H,49,60)(H,47,52,53)(H,54,59,61). The van der Waals surface area contributed by atoms with Crippen LogP contribution in [0.25, 0.3) is 11.3 Å². The molecule has 3 saturated heterocycles. The minimum absolute atomic E-state index is 0.148. The van der Waals surface area contributed by atoms with Crippen molar-refractivity contribution in [2.75, 3.05) is 66.2 Å². The Bertz CT molecular complexity index is 2320. The van der Waals surface area contributed by atoms with Crippen LogP contribution in [0.4, 0.5) is 28.8 Å². The average molecular weight is 825 g/mol. The van der Waals surface area contributed by atoms with Crippen molar-refractivity contribution < 1.29 is 14.4 Å². The van der Waals surface area contributed by atoms with E-state index in [9.17, 15) is 14.4 Å². The molecule has 0 spiro atoms. The molecule has 15 nitrogen and oxygen atoms in total. The summed E-state index contributed by atoms with van der Waals surface area (Å²) in [5.41, 5.74) is 7.19. The molecule has 3 fully saturated rings. The summed E-state index contributed by atoms with van der Waals surface area (Å²) in [5.74, 6) is 1.52. The molecule has 3 aliphatic rings. The topological polar surface area (TPSA) is 166 Å². The number of amides is 3. The first-order valence-electron chi connectivity index (χ1n) is 21.4. The van der Waals surface area contributed by atoms with E-state index in [2.05, 4.69) is 81.4 Å². The zero-order chi connectivity index (χ0) is 42.5. The Hall–Kier alpha value is -6.35. The Morgan fingerprint density at radius 3 is 2.31 bits per heavy atom. The van der Waals surface area contributed by atoms with Gasteiger partial charge in [0.2, 0.25) is 17.8 Å². The normalized spacial score (nSPS) is 17.9. The van der Waals surface area contributed by atoms with Gasteiger partial charge in [0.25, 0.3) is 5.91 Å². The molecule has 3 aliphatic heterocycles. The van der Waals surface area contributed by atoms with Gasteiger partial charge in [-0.25, -0.2) is 15.0 Å². The molecular weight excluding hydrogens is 769 g/mol. The first-order chi connectivity index (χ1) is 29.4. The highest BCUT2D eigenvalue weighted by molar-refractivity contribution is 6.01. The fourth-order valence-electron chi connectivity index (χ4n) is 8.19. The van der Waals surface area contributed by atoms with Crippen molar-refractivity contribution in [1.29, 1.82) is 0 Å². The van der Waals surface area contributed by atoms with Crippen LogP contribution >= 0.6 is 0 Å². The van der Waals surface area contributed by atoms with Gasteiger partial charge in [0.05, 0.1) is 34.9 Å². The molecule has 1 unspecified atom stereocenters. The number of rotatable bonds is 12. The minimum Gasteiger partial charge on any atom is -0.372 e. The summed E-state index contributed by atoms with van der Waals surface area (Å²) in [4.78, 5) is 57.7. The molecule has 8 rings (SSSR count). The number of piperazine rings is 1. The Morgan fingerprint density at radius 1 is 0.852 bits per heavy atom. The molecule has 1 atom stereocenters. The molecular formula is C46H56N12O3. The number of aromatic nitrogens is 5. The summed E-state index contributed by atoms with van der Waals surface area (Å²) < 4.78 is 1.80. The fraction of sp³-hybridized carbons (Fsp3) is 0.413. The number of benzene rings is 2. The second-order valence-corrected chi connectivity index (χ2v) is 17.4. The number of hydrogen-bond donors (Lipinski definition) is 4. The van der Waals surface area contributed by atoms with Gasteiger partial charge < -0.3 is 25.8 Å². The van der Waals surface area contributed by atoms with Gasteiger partial charge in [0.15, 0.2) is 0 Å². The van der Waals surface area contributed by atoms with Crippen LogP contribution in [-0.4, -0.2) is 99.2 Å². The van der Waals surface area contributed by atoms with Crippen molar-refractivity contribution in [3.05, 3.63) is 102 Å². The van der Waals surface area contributed by atoms with E-state index < -0.39 is 6.04 Å². The number of pyridine rings is 1. The van der Waals surface area contributed by atoms with Gasteiger partial charge in [0, 0.05) is 88.1 Å². The van der Waals surface area contributed by atoms with E-state index in [1.165, 1.54) is 18.5 Å². The first-order valence-corrected chi connectivity index (χ1v) is 21.4. The Kier molecular flexibility index (Phi) is 12.3. The van der Waals surface area contributed by atoms with Gasteiger partial charge in [-0.3, -0.25) is 29.3 Å². The molecule has 4 N–H and O–H groups in total. The van der Waals surface area contributed by atoms with Gasteiger partial charge in [-0.15, -0.1) is 0 Å². The van der Waals surface area contributed by atoms with Crippen molar-refractivity contribution >= 4 is 46.5 Å². The average Bonchev–Trinajstić information content (AvgIpc) is 3.78. The van der Waals surface area contributed by atoms with Crippen molar-refractivity contribution in [2.24, 2.45) is 5.92 Å². The van der Waals surface area contributed by atoms with Crippen LogP contribution < -0.4 is 31.1 Å². The van der Waals surface area contributed by atoms with Gasteiger partial charge in [-0.2, -0.15) is 5.10 Å². The largest absolute Gasteiger partial charge is 0.372 e. The predicted molar refractivity (Wildman–Crippen MR) is 238 cm³/mol. The number of nitrogens with zero attached hydrogens (tertiary/aromatic N) is 8. The van der Waals surface area contributed by atoms with Gasteiger partial charge >= 0.3 is 0 Å². The molecule has 318 valence electrons. The van der Waals surface area contributed by atoms with E-state index in [0.717, 1.165) is 85.4 Å². The molecule has 0 saturated carbocycles. The van der Waals surface area contributed by atoms with Crippen LogP contribution in [0.3, 0.4) is 0 Å². The molecule has 61 heavy (non-hydrogen) atoms. The highest BCUT2D eigenvalue weighted by atomic mass is 16.2. The maximum absolute atomic E-state index is 12.8. The van der Waals surface area contributed by atoms with Crippen molar-refractivity contribution in [1.82, 2.24) is 40.3 Å². The van der Waals surface area contributed by atoms with Crippen LogP contribution in [0.5, 0.6) is 0 Å². The molecule has 5 aromatic rings. The summed E-state index contributed by atoms with van der Waals surface area (Å²) >= 11 is 0. The lowest BCUT2D eigenvalue weighted by Gasteiger charge is -2.39. The third-order valence-electron chi connectivity index (χ3n) is 11.9.